The maximum atomic E-state index is 12.5. The van der Waals surface area contributed by atoms with E-state index < -0.39 is 12.2 Å². The van der Waals surface area contributed by atoms with Crippen molar-refractivity contribution in [2.24, 2.45) is 0 Å². The lowest BCUT2D eigenvalue weighted by Crippen LogP contribution is -2.17. The third-order valence-corrected chi connectivity index (χ3v) is 5.49. The van der Waals surface area contributed by atoms with Crippen molar-refractivity contribution in [1.82, 2.24) is 10.1 Å². The third kappa shape index (κ3) is 4.77. The molecule has 6 nitrogen and oxygen atoms in total. The number of nitrogens with zero attached hydrogens (tertiary/aromatic N) is 2. The Kier molecular flexibility index (Phi) is 6.44. The fourth-order valence-electron chi connectivity index (χ4n) is 3.23. The van der Waals surface area contributed by atoms with Crippen molar-refractivity contribution in [1.29, 1.82) is 0 Å². The Bertz CT molecular complexity index is 1240. The zero-order valence-electron chi connectivity index (χ0n) is 17.3. The van der Waals surface area contributed by atoms with Crippen LogP contribution in [0.15, 0.2) is 71.4 Å². The van der Waals surface area contributed by atoms with Crippen molar-refractivity contribution in [3.8, 4) is 22.5 Å². The van der Waals surface area contributed by atoms with Crippen molar-refractivity contribution in [2.45, 2.75) is 20.0 Å². The number of ether oxygens (including phenoxy) is 1. The smallest absolute Gasteiger partial charge is 0.412 e. The first-order valence-corrected chi connectivity index (χ1v) is 10.6. The molecule has 0 saturated heterocycles. The minimum absolute atomic E-state index is 0.436. The third-order valence-electron chi connectivity index (χ3n) is 4.92. The molecule has 0 aliphatic rings. The Labute approximate surface area is 195 Å². The molecule has 2 heterocycles. The quantitative estimate of drug-likeness (QED) is 0.310. The SMILES string of the molecule is Cc1noc(-c2ccc(-c3ccc(Cl)nc3)cc2)c1NC(=O)OC(C)c1ccccc1Cl. The number of carbonyl (C=O) groups excluding carboxylic acids is 1. The molecule has 0 fully saturated rings. The number of pyridine rings is 1. The van der Waals surface area contributed by atoms with Crippen molar-refractivity contribution in [3.05, 3.63) is 88.3 Å². The van der Waals surface area contributed by atoms with Crippen LogP contribution >= 0.6 is 23.2 Å². The summed E-state index contributed by atoms with van der Waals surface area (Å²) < 4.78 is 11.0. The number of hydrogen-bond acceptors (Lipinski definition) is 5. The first-order valence-electron chi connectivity index (χ1n) is 9.83. The van der Waals surface area contributed by atoms with Gasteiger partial charge in [-0.05, 0) is 37.6 Å². The highest BCUT2D eigenvalue weighted by molar-refractivity contribution is 6.31. The average Bonchev–Trinajstić information content (AvgIpc) is 3.14. The first-order chi connectivity index (χ1) is 15.4. The van der Waals surface area contributed by atoms with Gasteiger partial charge in [0.2, 0.25) is 0 Å². The number of nitrogens with one attached hydrogen (secondary N) is 1. The molecule has 2 aromatic carbocycles. The van der Waals surface area contributed by atoms with Crippen LogP contribution in [0.1, 0.15) is 24.3 Å². The summed E-state index contributed by atoms with van der Waals surface area (Å²) in [4.78, 5) is 16.6. The second kappa shape index (κ2) is 9.42. The summed E-state index contributed by atoms with van der Waals surface area (Å²) in [6.07, 6.45) is 0.549. The van der Waals surface area contributed by atoms with Crippen LogP contribution in [0.3, 0.4) is 0 Å². The summed E-state index contributed by atoms with van der Waals surface area (Å²) in [6, 6.07) is 18.5. The molecule has 0 radical (unpaired) electrons. The Morgan fingerprint density at radius 2 is 1.69 bits per heavy atom. The van der Waals surface area contributed by atoms with Gasteiger partial charge in [-0.3, -0.25) is 5.32 Å². The summed E-state index contributed by atoms with van der Waals surface area (Å²) in [5.74, 6) is 0.436. The molecular formula is C24H19Cl2N3O3. The number of halogens is 2. The molecule has 0 aliphatic carbocycles. The summed E-state index contributed by atoms with van der Waals surface area (Å²) >= 11 is 12.1. The number of amides is 1. The van der Waals surface area contributed by atoms with E-state index in [0.717, 1.165) is 22.3 Å². The molecule has 162 valence electrons. The van der Waals surface area contributed by atoms with E-state index in [-0.39, 0.29) is 0 Å². The summed E-state index contributed by atoms with van der Waals surface area (Å²) in [7, 11) is 0. The van der Waals surface area contributed by atoms with E-state index in [1.807, 2.05) is 48.5 Å². The maximum absolute atomic E-state index is 12.5. The lowest BCUT2D eigenvalue weighted by atomic mass is 10.0. The lowest BCUT2D eigenvalue weighted by molar-refractivity contribution is 0.121. The van der Waals surface area contributed by atoms with Crippen molar-refractivity contribution in [3.63, 3.8) is 0 Å². The monoisotopic (exact) mass is 467 g/mol. The van der Waals surface area contributed by atoms with Crippen LogP contribution in [0, 0.1) is 6.92 Å². The van der Waals surface area contributed by atoms with Gasteiger partial charge in [0, 0.05) is 27.9 Å². The van der Waals surface area contributed by atoms with Gasteiger partial charge < -0.3 is 9.26 Å². The van der Waals surface area contributed by atoms with Gasteiger partial charge in [0.15, 0.2) is 5.76 Å². The number of rotatable bonds is 5. The largest absolute Gasteiger partial charge is 0.441 e. The minimum atomic E-state index is -0.631. The Hall–Kier alpha value is -3.35. The second-order valence-corrected chi connectivity index (χ2v) is 7.91. The summed E-state index contributed by atoms with van der Waals surface area (Å²) in [6.45, 7) is 3.50. The maximum Gasteiger partial charge on any atom is 0.412 e. The van der Waals surface area contributed by atoms with Crippen LogP contribution in [0.5, 0.6) is 0 Å². The average molecular weight is 468 g/mol. The van der Waals surface area contributed by atoms with Gasteiger partial charge in [0.1, 0.15) is 22.6 Å². The van der Waals surface area contributed by atoms with E-state index in [1.54, 1.807) is 32.2 Å². The summed E-state index contributed by atoms with van der Waals surface area (Å²) in [5.41, 5.74) is 4.36. The summed E-state index contributed by atoms with van der Waals surface area (Å²) in [5, 5.41) is 7.71. The predicted molar refractivity (Wildman–Crippen MR) is 125 cm³/mol. The van der Waals surface area contributed by atoms with Crippen LogP contribution in [0.25, 0.3) is 22.5 Å². The second-order valence-electron chi connectivity index (χ2n) is 7.11. The molecule has 4 aromatic rings. The zero-order chi connectivity index (χ0) is 22.7. The fraction of sp³-hybridized carbons (Fsp3) is 0.125. The van der Waals surface area contributed by atoms with Gasteiger partial charge in [-0.2, -0.15) is 0 Å². The highest BCUT2D eigenvalue weighted by atomic mass is 35.5. The predicted octanol–water partition coefficient (Wildman–Crippen LogP) is 7.33. The van der Waals surface area contributed by atoms with Gasteiger partial charge in [-0.25, -0.2) is 9.78 Å². The molecular weight excluding hydrogens is 449 g/mol. The van der Waals surface area contributed by atoms with E-state index in [2.05, 4.69) is 15.5 Å². The Balaban J connectivity index is 1.51. The van der Waals surface area contributed by atoms with Crippen molar-refractivity contribution >= 4 is 35.0 Å². The van der Waals surface area contributed by atoms with Crippen molar-refractivity contribution in [2.75, 3.05) is 5.32 Å². The van der Waals surface area contributed by atoms with Crippen LogP contribution in [-0.2, 0) is 4.74 Å². The van der Waals surface area contributed by atoms with Crippen LogP contribution in [0.4, 0.5) is 10.5 Å². The van der Waals surface area contributed by atoms with Crippen LogP contribution in [0.2, 0.25) is 10.2 Å². The number of aryl methyl sites for hydroxylation is 1. The van der Waals surface area contributed by atoms with Gasteiger partial charge >= 0.3 is 6.09 Å². The number of carbonyl (C=O) groups is 1. The van der Waals surface area contributed by atoms with Gasteiger partial charge in [0.25, 0.3) is 0 Å². The molecule has 8 heteroatoms. The number of anilines is 1. The zero-order valence-corrected chi connectivity index (χ0v) is 18.8. The molecule has 0 bridgehead atoms. The molecule has 4 rings (SSSR count). The van der Waals surface area contributed by atoms with E-state index in [4.69, 9.17) is 32.5 Å². The van der Waals surface area contributed by atoms with E-state index >= 15 is 0 Å². The molecule has 2 aromatic heterocycles. The van der Waals surface area contributed by atoms with E-state index in [0.29, 0.717) is 27.3 Å². The molecule has 0 aliphatic heterocycles. The van der Waals surface area contributed by atoms with E-state index in [1.165, 1.54) is 0 Å². The molecule has 1 N–H and O–H groups in total. The van der Waals surface area contributed by atoms with Crippen LogP contribution in [-0.4, -0.2) is 16.2 Å². The Morgan fingerprint density at radius 3 is 2.38 bits per heavy atom. The molecule has 1 unspecified atom stereocenters. The molecule has 0 saturated carbocycles. The normalized spacial score (nSPS) is 11.8. The van der Waals surface area contributed by atoms with Gasteiger partial charge in [-0.15, -0.1) is 0 Å². The Morgan fingerprint density at radius 1 is 1.00 bits per heavy atom. The number of aromatic nitrogens is 2. The van der Waals surface area contributed by atoms with Gasteiger partial charge in [0.05, 0.1) is 0 Å². The highest BCUT2D eigenvalue weighted by Gasteiger charge is 2.20. The standard InChI is InChI=1S/C24H19Cl2N3O3/c1-14-22(28-24(30)31-15(2)19-5-3-4-6-20(19)25)23(32-29-14)17-9-7-16(8-10-17)18-11-12-21(26)27-13-18/h3-13,15H,1-2H3,(H,28,30). The first kappa shape index (κ1) is 21.9. The molecule has 0 spiro atoms. The highest BCUT2D eigenvalue weighted by Crippen LogP contribution is 2.33. The van der Waals surface area contributed by atoms with E-state index in [9.17, 15) is 4.79 Å². The molecule has 1 atom stereocenters. The van der Waals surface area contributed by atoms with Crippen LogP contribution < -0.4 is 5.32 Å². The number of hydrogen-bond donors (Lipinski definition) is 1. The van der Waals surface area contributed by atoms with Gasteiger partial charge in [-0.1, -0.05) is 70.8 Å². The lowest BCUT2D eigenvalue weighted by Gasteiger charge is -2.15. The minimum Gasteiger partial charge on any atom is -0.441 e. The fourth-order valence-corrected chi connectivity index (χ4v) is 3.64. The number of benzene rings is 2. The topological polar surface area (TPSA) is 77.3 Å². The van der Waals surface area contributed by atoms with Crippen molar-refractivity contribution < 1.29 is 14.1 Å². The molecule has 1 amide bonds. The molecule has 32 heavy (non-hydrogen) atoms.